The van der Waals surface area contributed by atoms with Crippen LogP contribution < -0.4 is 5.32 Å². The molecule has 108 valence electrons. The molecule has 19 heavy (non-hydrogen) atoms. The summed E-state index contributed by atoms with van der Waals surface area (Å²) in [7, 11) is 0. The highest BCUT2D eigenvalue weighted by Gasteiger charge is 2.26. The van der Waals surface area contributed by atoms with Gasteiger partial charge in [-0.3, -0.25) is 0 Å². The molecule has 4 heteroatoms. The number of nitrogens with one attached hydrogen (secondary N) is 1. The number of halogens is 2. The SMILES string of the molecule is CCCNC(c1cc(Cl)sc1Cl)C1CCCCCC1. The summed E-state index contributed by atoms with van der Waals surface area (Å²) in [5.41, 5.74) is 1.22. The van der Waals surface area contributed by atoms with Gasteiger partial charge >= 0.3 is 0 Å². The molecule has 1 nitrogen and oxygen atoms in total. The van der Waals surface area contributed by atoms with Crippen molar-refractivity contribution in [1.29, 1.82) is 0 Å². The van der Waals surface area contributed by atoms with Crippen molar-refractivity contribution in [3.05, 3.63) is 20.3 Å². The number of rotatable bonds is 5. The fraction of sp³-hybridized carbons (Fsp3) is 0.733. The van der Waals surface area contributed by atoms with Gasteiger partial charge in [0.1, 0.15) is 0 Å². The second-order valence-electron chi connectivity index (χ2n) is 5.46. The van der Waals surface area contributed by atoms with Crippen LogP contribution in [0.15, 0.2) is 6.07 Å². The van der Waals surface area contributed by atoms with E-state index in [0.29, 0.717) is 12.0 Å². The Labute approximate surface area is 130 Å². The summed E-state index contributed by atoms with van der Waals surface area (Å²) >= 11 is 14.0. The van der Waals surface area contributed by atoms with Gasteiger partial charge in [-0.2, -0.15) is 0 Å². The molecule has 1 unspecified atom stereocenters. The van der Waals surface area contributed by atoms with Gasteiger partial charge in [-0.1, -0.05) is 55.8 Å². The molecule has 0 spiro atoms. The first-order chi connectivity index (χ1) is 9.22. The third-order valence-electron chi connectivity index (χ3n) is 4.00. The lowest BCUT2D eigenvalue weighted by Gasteiger charge is -2.27. The Hall–Kier alpha value is 0.240. The van der Waals surface area contributed by atoms with E-state index in [1.54, 1.807) is 0 Å². The fourth-order valence-corrected chi connectivity index (χ4v) is 4.59. The van der Waals surface area contributed by atoms with Gasteiger partial charge in [0.15, 0.2) is 0 Å². The van der Waals surface area contributed by atoms with E-state index in [4.69, 9.17) is 23.2 Å². The lowest BCUT2D eigenvalue weighted by atomic mass is 9.88. The van der Waals surface area contributed by atoms with Gasteiger partial charge in [-0.05, 0) is 37.8 Å². The lowest BCUT2D eigenvalue weighted by molar-refractivity contribution is 0.326. The Bertz CT molecular complexity index is 383. The minimum Gasteiger partial charge on any atom is -0.310 e. The van der Waals surface area contributed by atoms with E-state index >= 15 is 0 Å². The van der Waals surface area contributed by atoms with Crippen LogP contribution in [0, 0.1) is 5.92 Å². The highest BCUT2D eigenvalue weighted by molar-refractivity contribution is 7.20. The second kappa shape index (κ2) is 7.87. The molecule has 0 radical (unpaired) electrons. The van der Waals surface area contributed by atoms with Crippen molar-refractivity contribution in [2.75, 3.05) is 6.54 Å². The Balaban J connectivity index is 2.16. The molecule has 1 heterocycles. The van der Waals surface area contributed by atoms with E-state index < -0.39 is 0 Å². The fourth-order valence-electron chi connectivity index (χ4n) is 3.04. The molecular formula is C15H23Cl2NS. The van der Waals surface area contributed by atoms with Crippen molar-refractivity contribution in [2.24, 2.45) is 5.92 Å². The third kappa shape index (κ3) is 4.35. The van der Waals surface area contributed by atoms with Crippen molar-refractivity contribution in [1.82, 2.24) is 5.32 Å². The van der Waals surface area contributed by atoms with Crippen LogP contribution in [-0.2, 0) is 0 Å². The van der Waals surface area contributed by atoms with Gasteiger partial charge in [-0.25, -0.2) is 0 Å². The average Bonchev–Trinajstić information content (AvgIpc) is 2.60. The van der Waals surface area contributed by atoms with Crippen molar-refractivity contribution in [3.8, 4) is 0 Å². The van der Waals surface area contributed by atoms with Crippen molar-refractivity contribution in [3.63, 3.8) is 0 Å². The smallest absolute Gasteiger partial charge is 0.0992 e. The topological polar surface area (TPSA) is 12.0 Å². The summed E-state index contributed by atoms with van der Waals surface area (Å²) in [6.45, 7) is 3.25. The Morgan fingerprint density at radius 2 is 1.95 bits per heavy atom. The quantitative estimate of drug-likeness (QED) is 0.650. The number of thiophene rings is 1. The Morgan fingerprint density at radius 3 is 2.47 bits per heavy atom. The molecule has 1 aromatic heterocycles. The minimum atomic E-state index is 0.384. The zero-order valence-corrected chi connectivity index (χ0v) is 13.9. The molecule has 1 aliphatic carbocycles. The molecule has 1 aliphatic rings. The van der Waals surface area contributed by atoms with Gasteiger partial charge in [0.05, 0.1) is 8.67 Å². The summed E-state index contributed by atoms with van der Waals surface area (Å²) in [6, 6.07) is 2.45. The Morgan fingerprint density at radius 1 is 1.26 bits per heavy atom. The zero-order chi connectivity index (χ0) is 13.7. The van der Waals surface area contributed by atoms with Crippen LogP contribution >= 0.6 is 34.5 Å². The molecule has 1 saturated carbocycles. The molecule has 0 bridgehead atoms. The molecule has 0 amide bonds. The molecule has 1 fully saturated rings. The van der Waals surface area contributed by atoms with Crippen molar-refractivity contribution < 1.29 is 0 Å². The molecule has 0 aliphatic heterocycles. The second-order valence-corrected chi connectivity index (χ2v) is 7.75. The summed E-state index contributed by atoms with van der Waals surface area (Å²) < 4.78 is 1.67. The van der Waals surface area contributed by atoms with Crippen LogP contribution in [0.2, 0.25) is 8.67 Å². The predicted molar refractivity (Wildman–Crippen MR) is 86.6 cm³/mol. The first-order valence-corrected chi connectivity index (χ1v) is 8.97. The van der Waals surface area contributed by atoms with Gasteiger partial charge < -0.3 is 5.32 Å². The predicted octanol–water partition coefficient (Wildman–Crippen LogP) is 6.07. The number of hydrogen-bond donors (Lipinski definition) is 1. The normalized spacial score (nSPS) is 19.3. The van der Waals surface area contributed by atoms with Gasteiger partial charge in [-0.15, -0.1) is 11.3 Å². The zero-order valence-electron chi connectivity index (χ0n) is 11.6. The molecule has 1 aromatic rings. The summed E-state index contributed by atoms with van der Waals surface area (Å²) in [5.74, 6) is 0.706. The van der Waals surface area contributed by atoms with E-state index in [1.165, 1.54) is 55.4 Å². The maximum absolute atomic E-state index is 6.37. The van der Waals surface area contributed by atoms with Gasteiger partial charge in [0.25, 0.3) is 0 Å². The van der Waals surface area contributed by atoms with Crippen molar-refractivity contribution >= 4 is 34.5 Å². The Kier molecular flexibility index (Phi) is 6.48. The molecule has 0 saturated heterocycles. The van der Waals surface area contributed by atoms with Crippen LogP contribution in [-0.4, -0.2) is 6.54 Å². The van der Waals surface area contributed by atoms with Gasteiger partial charge in [0, 0.05) is 11.6 Å². The van der Waals surface area contributed by atoms with Crippen LogP contribution in [0.3, 0.4) is 0 Å². The average molecular weight is 320 g/mol. The first-order valence-electron chi connectivity index (χ1n) is 7.40. The molecular weight excluding hydrogens is 297 g/mol. The highest BCUT2D eigenvalue weighted by Crippen LogP contribution is 2.41. The largest absolute Gasteiger partial charge is 0.310 e. The highest BCUT2D eigenvalue weighted by atomic mass is 35.5. The van der Waals surface area contributed by atoms with Crippen molar-refractivity contribution in [2.45, 2.75) is 57.9 Å². The molecule has 0 aromatic carbocycles. The van der Waals surface area contributed by atoms with Gasteiger partial charge in [0.2, 0.25) is 0 Å². The van der Waals surface area contributed by atoms with Crippen LogP contribution in [0.4, 0.5) is 0 Å². The summed E-state index contributed by atoms with van der Waals surface area (Å²) in [4.78, 5) is 0. The van der Waals surface area contributed by atoms with E-state index in [9.17, 15) is 0 Å². The molecule has 1 N–H and O–H groups in total. The number of hydrogen-bond acceptors (Lipinski definition) is 2. The van der Waals surface area contributed by atoms with E-state index in [1.807, 2.05) is 0 Å². The van der Waals surface area contributed by atoms with E-state index in [2.05, 4.69) is 18.3 Å². The third-order valence-corrected chi connectivity index (χ3v) is 5.52. The van der Waals surface area contributed by atoms with E-state index in [0.717, 1.165) is 21.6 Å². The summed E-state index contributed by atoms with van der Waals surface area (Å²) in [6.07, 6.45) is 9.24. The molecule has 2 rings (SSSR count). The maximum Gasteiger partial charge on any atom is 0.0992 e. The van der Waals surface area contributed by atoms with Crippen LogP contribution in [0.1, 0.15) is 63.5 Å². The maximum atomic E-state index is 6.37. The standard InChI is InChI=1S/C15H23Cl2NS/c1-2-9-18-14(11-7-5-3-4-6-8-11)12-10-13(16)19-15(12)17/h10-11,14,18H,2-9H2,1H3. The van der Waals surface area contributed by atoms with E-state index in [-0.39, 0.29) is 0 Å². The lowest BCUT2D eigenvalue weighted by Crippen LogP contribution is -2.28. The molecule has 1 atom stereocenters. The van der Waals surface area contributed by atoms with Crippen LogP contribution in [0.5, 0.6) is 0 Å². The summed E-state index contributed by atoms with van der Waals surface area (Å²) in [5, 5.41) is 3.70. The first kappa shape index (κ1) is 15.6. The minimum absolute atomic E-state index is 0.384. The van der Waals surface area contributed by atoms with Crippen LogP contribution in [0.25, 0.3) is 0 Å². The monoisotopic (exact) mass is 319 g/mol.